The van der Waals surface area contributed by atoms with E-state index < -0.39 is 5.79 Å². The Morgan fingerprint density at radius 2 is 2.08 bits per heavy atom. The summed E-state index contributed by atoms with van der Waals surface area (Å²) in [6.07, 6.45) is 3.33. The number of aliphatic hydroxyl groups is 1. The molecule has 1 N–H and O–H groups in total. The first kappa shape index (κ1) is 9.75. The van der Waals surface area contributed by atoms with Gasteiger partial charge in [-0.2, -0.15) is 0 Å². The third-order valence-electron chi connectivity index (χ3n) is 2.72. The topological polar surface area (TPSA) is 29.5 Å². The molecule has 2 unspecified atom stereocenters. The summed E-state index contributed by atoms with van der Waals surface area (Å²) >= 11 is 0. The minimum Gasteiger partial charge on any atom is -0.365 e. The summed E-state index contributed by atoms with van der Waals surface area (Å²) in [6, 6.07) is 0. The lowest BCUT2D eigenvalue weighted by molar-refractivity contribution is -0.231. The highest BCUT2D eigenvalue weighted by Gasteiger charge is 2.45. The third kappa shape index (κ3) is 1.54. The van der Waals surface area contributed by atoms with Crippen LogP contribution in [0.5, 0.6) is 0 Å². The van der Waals surface area contributed by atoms with E-state index in [1.165, 1.54) is 0 Å². The second kappa shape index (κ2) is 2.86. The van der Waals surface area contributed by atoms with Crippen molar-refractivity contribution >= 4 is 0 Å². The average molecular weight is 170 g/mol. The van der Waals surface area contributed by atoms with Crippen LogP contribution < -0.4 is 0 Å². The maximum absolute atomic E-state index is 9.97. The van der Waals surface area contributed by atoms with Crippen molar-refractivity contribution in [1.82, 2.24) is 0 Å². The Hall–Kier alpha value is -0.340. The predicted octanol–water partition coefficient (Wildman–Crippen LogP) is 2.09. The normalized spacial score (nSPS) is 42.1. The maximum Gasteiger partial charge on any atom is 0.168 e. The largest absolute Gasteiger partial charge is 0.365 e. The van der Waals surface area contributed by atoms with Gasteiger partial charge in [0.05, 0.1) is 5.60 Å². The van der Waals surface area contributed by atoms with Crippen molar-refractivity contribution in [2.24, 2.45) is 5.92 Å². The zero-order chi connectivity index (χ0) is 9.41. The van der Waals surface area contributed by atoms with E-state index in [0.29, 0.717) is 6.42 Å². The van der Waals surface area contributed by atoms with Crippen LogP contribution >= 0.6 is 0 Å². The lowest BCUT2D eigenvalue weighted by Crippen LogP contribution is -2.37. The molecule has 2 heteroatoms. The molecule has 0 bridgehead atoms. The summed E-state index contributed by atoms with van der Waals surface area (Å²) in [7, 11) is 0. The summed E-state index contributed by atoms with van der Waals surface area (Å²) in [5, 5.41) is 9.97. The van der Waals surface area contributed by atoms with Crippen LogP contribution in [0.25, 0.3) is 0 Å². The SMILES string of the molecule is C=CC1(C)CCC(O)(C(C)C)O1. The van der Waals surface area contributed by atoms with Gasteiger partial charge < -0.3 is 9.84 Å². The van der Waals surface area contributed by atoms with Crippen molar-refractivity contribution in [3.8, 4) is 0 Å². The highest BCUT2D eigenvalue weighted by atomic mass is 16.6. The molecule has 0 spiro atoms. The zero-order valence-corrected chi connectivity index (χ0v) is 8.13. The molecule has 1 rings (SSSR count). The average Bonchev–Trinajstić information content (AvgIpc) is 2.30. The summed E-state index contributed by atoms with van der Waals surface area (Å²) in [5.41, 5.74) is -0.334. The van der Waals surface area contributed by atoms with Gasteiger partial charge >= 0.3 is 0 Å². The fourth-order valence-electron chi connectivity index (χ4n) is 1.48. The molecule has 1 aliphatic rings. The Bertz CT molecular complexity index is 188. The van der Waals surface area contributed by atoms with Crippen LogP contribution in [0.4, 0.5) is 0 Å². The molecule has 2 atom stereocenters. The minimum atomic E-state index is -0.942. The molecule has 2 nitrogen and oxygen atoms in total. The fraction of sp³-hybridized carbons (Fsp3) is 0.800. The molecule has 0 radical (unpaired) electrons. The molecule has 70 valence electrons. The van der Waals surface area contributed by atoms with Crippen LogP contribution in [0.3, 0.4) is 0 Å². The van der Waals surface area contributed by atoms with Crippen molar-refractivity contribution in [3.05, 3.63) is 12.7 Å². The van der Waals surface area contributed by atoms with Gasteiger partial charge in [-0.3, -0.25) is 0 Å². The van der Waals surface area contributed by atoms with E-state index in [-0.39, 0.29) is 11.5 Å². The highest BCUT2D eigenvalue weighted by Crippen LogP contribution is 2.40. The van der Waals surface area contributed by atoms with Gasteiger partial charge in [-0.15, -0.1) is 6.58 Å². The van der Waals surface area contributed by atoms with E-state index in [0.717, 1.165) is 6.42 Å². The van der Waals surface area contributed by atoms with E-state index in [2.05, 4.69) is 6.58 Å². The molecule has 0 amide bonds. The second-order valence-electron chi connectivity index (χ2n) is 4.12. The van der Waals surface area contributed by atoms with Crippen molar-refractivity contribution in [2.45, 2.75) is 45.0 Å². The van der Waals surface area contributed by atoms with E-state index >= 15 is 0 Å². The molecular weight excluding hydrogens is 152 g/mol. The van der Waals surface area contributed by atoms with Gasteiger partial charge in [0.15, 0.2) is 5.79 Å². The van der Waals surface area contributed by atoms with Gasteiger partial charge in [0.1, 0.15) is 0 Å². The standard InChI is InChI=1S/C10H18O2/c1-5-9(4)6-7-10(11,12-9)8(2)3/h5,8,11H,1,6-7H2,2-4H3. The molecule has 12 heavy (non-hydrogen) atoms. The molecule has 0 saturated carbocycles. The van der Waals surface area contributed by atoms with Gasteiger partial charge in [0, 0.05) is 12.3 Å². The first-order chi connectivity index (χ1) is 5.42. The minimum absolute atomic E-state index is 0.138. The number of hydrogen-bond acceptors (Lipinski definition) is 2. The number of ether oxygens (including phenoxy) is 1. The van der Waals surface area contributed by atoms with Crippen molar-refractivity contribution in [3.63, 3.8) is 0 Å². The maximum atomic E-state index is 9.97. The number of rotatable bonds is 2. The van der Waals surface area contributed by atoms with Crippen molar-refractivity contribution < 1.29 is 9.84 Å². The quantitative estimate of drug-likeness (QED) is 0.643. The molecule has 1 aliphatic heterocycles. The van der Waals surface area contributed by atoms with Crippen LogP contribution in [-0.4, -0.2) is 16.5 Å². The Morgan fingerprint density at radius 3 is 2.33 bits per heavy atom. The summed E-state index contributed by atoms with van der Waals surface area (Å²) in [5.74, 6) is -0.803. The van der Waals surface area contributed by atoms with Crippen LogP contribution in [-0.2, 0) is 4.74 Å². The Labute approximate surface area is 74.2 Å². The van der Waals surface area contributed by atoms with Gasteiger partial charge in [-0.25, -0.2) is 0 Å². The monoisotopic (exact) mass is 170 g/mol. The first-order valence-corrected chi connectivity index (χ1v) is 4.48. The first-order valence-electron chi connectivity index (χ1n) is 4.48. The van der Waals surface area contributed by atoms with E-state index in [1.54, 1.807) is 6.08 Å². The van der Waals surface area contributed by atoms with Crippen LogP contribution in [0, 0.1) is 5.92 Å². The second-order valence-corrected chi connectivity index (χ2v) is 4.12. The number of hydrogen-bond donors (Lipinski definition) is 1. The molecule has 1 saturated heterocycles. The van der Waals surface area contributed by atoms with Crippen LogP contribution in [0.1, 0.15) is 33.6 Å². The van der Waals surface area contributed by atoms with Crippen LogP contribution in [0.15, 0.2) is 12.7 Å². The molecule has 0 aromatic carbocycles. The lowest BCUT2D eigenvalue weighted by Gasteiger charge is -2.30. The summed E-state index contributed by atoms with van der Waals surface area (Å²) in [4.78, 5) is 0. The van der Waals surface area contributed by atoms with Crippen molar-refractivity contribution in [1.29, 1.82) is 0 Å². The fourth-order valence-corrected chi connectivity index (χ4v) is 1.48. The molecule has 1 fully saturated rings. The van der Waals surface area contributed by atoms with Gasteiger partial charge in [-0.1, -0.05) is 19.9 Å². The lowest BCUT2D eigenvalue weighted by atomic mass is 9.97. The van der Waals surface area contributed by atoms with Gasteiger partial charge in [-0.05, 0) is 13.3 Å². The molecule has 0 aromatic heterocycles. The summed E-state index contributed by atoms with van der Waals surface area (Å²) < 4.78 is 5.58. The summed E-state index contributed by atoms with van der Waals surface area (Å²) in [6.45, 7) is 9.60. The highest BCUT2D eigenvalue weighted by molar-refractivity contribution is 5.01. The van der Waals surface area contributed by atoms with Gasteiger partial charge in [0.25, 0.3) is 0 Å². The molecule has 0 aliphatic carbocycles. The molecule has 1 heterocycles. The zero-order valence-electron chi connectivity index (χ0n) is 8.13. The Morgan fingerprint density at radius 1 is 1.50 bits per heavy atom. The molecule has 0 aromatic rings. The third-order valence-corrected chi connectivity index (χ3v) is 2.72. The Kier molecular flexibility index (Phi) is 2.32. The smallest absolute Gasteiger partial charge is 0.168 e. The predicted molar refractivity (Wildman–Crippen MR) is 48.7 cm³/mol. The van der Waals surface area contributed by atoms with Gasteiger partial charge in [0.2, 0.25) is 0 Å². The van der Waals surface area contributed by atoms with Crippen LogP contribution in [0.2, 0.25) is 0 Å². The molecular formula is C10H18O2. The van der Waals surface area contributed by atoms with E-state index in [1.807, 2.05) is 20.8 Å². The Balaban J connectivity index is 2.72. The van der Waals surface area contributed by atoms with E-state index in [4.69, 9.17) is 4.74 Å². The van der Waals surface area contributed by atoms with E-state index in [9.17, 15) is 5.11 Å². The van der Waals surface area contributed by atoms with Crippen molar-refractivity contribution in [2.75, 3.05) is 0 Å².